The summed E-state index contributed by atoms with van der Waals surface area (Å²) in [6.07, 6.45) is -0.123. The highest BCUT2D eigenvalue weighted by Crippen LogP contribution is 2.41. The van der Waals surface area contributed by atoms with E-state index >= 15 is 0 Å². The van der Waals surface area contributed by atoms with Crippen molar-refractivity contribution in [3.63, 3.8) is 0 Å². The van der Waals surface area contributed by atoms with Crippen molar-refractivity contribution in [2.75, 3.05) is 14.2 Å². The maximum Gasteiger partial charge on any atom is 0.306 e. The Hall–Kier alpha value is -2.37. The van der Waals surface area contributed by atoms with Crippen LogP contribution in [0.4, 0.5) is 0 Å². The van der Waals surface area contributed by atoms with Crippen molar-refractivity contribution in [2.24, 2.45) is 5.16 Å². The number of nitrogens with zero attached hydrogens (tertiary/aromatic N) is 1. The van der Waals surface area contributed by atoms with E-state index in [9.17, 15) is 9.59 Å². The van der Waals surface area contributed by atoms with Gasteiger partial charge in [-0.05, 0) is 30.7 Å². The van der Waals surface area contributed by atoms with Crippen LogP contribution in [-0.2, 0) is 19.7 Å². The van der Waals surface area contributed by atoms with Crippen LogP contribution in [0.25, 0.3) is 0 Å². The number of carbonyl (C=O) groups excluding carboxylic acids is 2. The molecule has 1 unspecified atom stereocenters. The maximum atomic E-state index is 12.4. The molecule has 0 bridgehead atoms. The molecule has 106 valence electrons. The fraction of sp³-hybridized carbons (Fsp3) is 0.357. The molecule has 0 heterocycles. The van der Waals surface area contributed by atoms with Gasteiger partial charge in [0.15, 0.2) is 11.5 Å². The Kier molecular flexibility index (Phi) is 3.48. The summed E-state index contributed by atoms with van der Waals surface area (Å²) in [5.74, 6) is -0.353. The predicted molar refractivity (Wildman–Crippen MR) is 70.3 cm³/mol. The monoisotopic (exact) mass is 277 g/mol. The second kappa shape index (κ2) is 4.96. The van der Waals surface area contributed by atoms with E-state index in [1.54, 1.807) is 25.1 Å². The lowest BCUT2D eigenvalue weighted by Gasteiger charge is -2.21. The number of hydrogen-bond donors (Lipinski definition) is 1. The summed E-state index contributed by atoms with van der Waals surface area (Å²) < 4.78 is 9.78. The summed E-state index contributed by atoms with van der Waals surface area (Å²) in [6.45, 7) is 1.63. The van der Waals surface area contributed by atoms with Crippen LogP contribution >= 0.6 is 0 Å². The quantitative estimate of drug-likeness (QED) is 0.511. The molecule has 0 radical (unpaired) electrons. The van der Waals surface area contributed by atoms with Crippen LogP contribution in [0, 0.1) is 0 Å². The molecule has 1 aromatic carbocycles. The Morgan fingerprint density at radius 1 is 1.40 bits per heavy atom. The summed E-state index contributed by atoms with van der Waals surface area (Å²) in [7, 11) is 2.77. The topological polar surface area (TPSA) is 85.2 Å². The second-order valence-electron chi connectivity index (χ2n) is 4.77. The van der Waals surface area contributed by atoms with E-state index in [0.717, 1.165) is 0 Å². The fourth-order valence-electron chi connectivity index (χ4n) is 2.45. The number of rotatable bonds is 3. The lowest BCUT2D eigenvalue weighted by molar-refractivity contribution is -0.143. The lowest BCUT2D eigenvalue weighted by Crippen LogP contribution is -2.34. The number of oxime groups is 1. The lowest BCUT2D eigenvalue weighted by atomic mass is 9.80. The van der Waals surface area contributed by atoms with Gasteiger partial charge in [0, 0.05) is 5.56 Å². The van der Waals surface area contributed by atoms with Gasteiger partial charge in [-0.3, -0.25) is 9.59 Å². The molecule has 1 aromatic rings. The Labute approximate surface area is 116 Å². The molecule has 1 N–H and O–H groups in total. The van der Waals surface area contributed by atoms with Crippen LogP contribution < -0.4 is 4.74 Å². The minimum absolute atomic E-state index is 0.0472. The molecule has 1 aliphatic rings. The number of carbonyl (C=O) groups is 2. The molecule has 6 heteroatoms. The predicted octanol–water partition coefficient (Wildman–Crippen LogP) is 1.28. The normalized spacial score (nSPS) is 22.8. The number of Topliss-reactive ketones (excluding diaryl/α,β-unsaturated/α-hetero) is 1. The summed E-state index contributed by atoms with van der Waals surface area (Å²) >= 11 is 0. The molecule has 0 amide bonds. The van der Waals surface area contributed by atoms with Crippen molar-refractivity contribution in [3.8, 4) is 5.75 Å². The molecule has 6 nitrogen and oxygen atoms in total. The number of benzene rings is 1. The Morgan fingerprint density at radius 2 is 2.10 bits per heavy atom. The Morgan fingerprint density at radius 3 is 2.65 bits per heavy atom. The molecule has 0 fully saturated rings. The van der Waals surface area contributed by atoms with Crippen LogP contribution in [0.3, 0.4) is 0 Å². The van der Waals surface area contributed by atoms with Crippen LogP contribution in [0.2, 0.25) is 0 Å². The average Bonchev–Trinajstić information content (AvgIpc) is 2.67. The molecule has 0 saturated carbocycles. The molecular weight excluding hydrogens is 262 g/mol. The van der Waals surface area contributed by atoms with E-state index in [4.69, 9.17) is 9.94 Å². The summed E-state index contributed by atoms with van der Waals surface area (Å²) in [6, 6.07) is 4.99. The molecule has 0 spiro atoms. The summed E-state index contributed by atoms with van der Waals surface area (Å²) in [5.41, 5.74) is -0.0581. The maximum absolute atomic E-state index is 12.4. The average molecular weight is 277 g/mol. The van der Waals surface area contributed by atoms with Gasteiger partial charge in [0.2, 0.25) is 0 Å². The first-order chi connectivity index (χ1) is 9.47. The van der Waals surface area contributed by atoms with Gasteiger partial charge >= 0.3 is 5.97 Å². The van der Waals surface area contributed by atoms with E-state index in [2.05, 4.69) is 9.89 Å². The van der Waals surface area contributed by atoms with E-state index in [1.807, 2.05) is 0 Å². The van der Waals surface area contributed by atoms with E-state index in [0.29, 0.717) is 16.9 Å². The van der Waals surface area contributed by atoms with Gasteiger partial charge in [-0.25, -0.2) is 0 Å². The number of methoxy groups -OCH3 is 2. The van der Waals surface area contributed by atoms with Gasteiger partial charge in [-0.1, -0.05) is 5.16 Å². The van der Waals surface area contributed by atoms with Gasteiger partial charge in [0.25, 0.3) is 0 Å². The molecule has 20 heavy (non-hydrogen) atoms. The largest absolute Gasteiger partial charge is 0.497 e. The number of esters is 1. The molecule has 0 saturated heterocycles. The molecule has 1 aliphatic carbocycles. The number of fused-ring (bicyclic) bond motifs is 1. The highest BCUT2D eigenvalue weighted by Gasteiger charge is 2.48. The Bertz CT molecular complexity index is 608. The van der Waals surface area contributed by atoms with Gasteiger partial charge in [0.05, 0.1) is 26.1 Å². The van der Waals surface area contributed by atoms with Crippen molar-refractivity contribution in [3.05, 3.63) is 29.3 Å². The SMILES string of the molecule is COC(=O)CC1(C)C(=O)C(=NO)c2ccc(OC)cc21. The van der Waals surface area contributed by atoms with E-state index in [1.165, 1.54) is 14.2 Å². The Balaban J connectivity index is 2.61. The van der Waals surface area contributed by atoms with Crippen molar-refractivity contribution in [1.82, 2.24) is 0 Å². The summed E-state index contributed by atoms with van der Waals surface area (Å²) in [5, 5.41) is 12.1. The second-order valence-corrected chi connectivity index (χ2v) is 4.77. The third kappa shape index (κ3) is 1.93. The number of hydrogen-bond acceptors (Lipinski definition) is 6. The molecule has 2 rings (SSSR count). The van der Waals surface area contributed by atoms with Gasteiger partial charge in [-0.2, -0.15) is 0 Å². The standard InChI is InChI=1S/C14H15NO5/c1-14(7-11(16)20-3)10-6-8(19-2)4-5-9(10)12(15-18)13(14)17/h4-6,18H,7H2,1-3H3. The van der Waals surface area contributed by atoms with Crippen molar-refractivity contribution < 1.29 is 24.3 Å². The highest BCUT2D eigenvalue weighted by atomic mass is 16.5. The zero-order valence-corrected chi connectivity index (χ0v) is 11.5. The minimum atomic E-state index is -1.11. The molecule has 0 aromatic heterocycles. The van der Waals surface area contributed by atoms with Crippen molar-refractivity contribution in [2.45, 2.75) is 18.8 Å². The summed E-state index contributed by atoms with van der Waals surface area (Å²) in [4.78, 5) is 24.0. The molecular formula is C14H15NO5. The molecule has 1 atom stereocenters. The zero-order chi connectivity index (χ0) is 14.9. The fourth-order valence-corrected chi connectivity index (χ4v) is 2.45. The van der Waals surface area contributed by atoms with Crippen molar-refractivity contribution >= 4 is 17.5 Å². The van der Waals surface area contributed by atoms with Crippen molar-refractivity contribution in [1.29, 1.82) is 0 Å². The highest BCUT2D eigenvalue weighted by molar-refractivity contribution is 6.52. The number of ether oxygens (including phenoxy) is 2. The van der Waals surface area contributed by atoms with Crippen LogP contribution in [0.1, 0.15) is 24.5 Å². The van der Waals surface area contributed by atoms with E-state index in [-0.39, 0.29) is 12.1 Å². The van der Waals surface area contributed by atoms with Gasteiger partial charge in [-0.15, -0.1) is 0 Å². The first kappa shape index (κ1) is 14.0. The van der Waals surface area contributed by atoms with Crippen LogP contribution in [0.15, 0.2) is 23.4 Å². The van der Waals surface area contributed by atoms with Gasteiger partial charge < -0.3 is 14.7 Å². The first-order valence-corrected chi connectivity index (χ1v) is 6.00. The third-order valence-electron chi connectivity index (χ3n) is 3.62. The number of ketones is 1. The third-order valence-corrected chi connectivity index (χ3v) is 3.62. The van der Waals surface area contributed by atoms with Crippen LogP contribution in [-0.4, -0.2) is 36.9 Å². The van der Waals surface area contributed by atoms with Crippen LogP contribution in [0.5, 0.6) is 5.75 Å². The zero-order valence-electron chi connectivity index (χ0n) is 11.5. The van der Waals surface area contributed by atoms with E-state index < -0.39 is 17.2 Å². The minimum Gasteiger partial charge on any atom is -0.497 e. The van der Waals surface area contributed by atoms with Gasteiger partial charge in [0.1, 0.15) is 5.75 Å². The smallest absolute Gasteiger partial charge is 0.306 e. The first-order valence-electron chi connectivity index (χ1n) is 6.00. The molecule has 0 aliphatic heterocycles.